The van der Waals surface area contributed by atoms with Gasteiger partial charge in [-0.3, -0.25) is 18.6 Å². The van der Waals surface area contributed by atoms with Crippen molar-refractivity contribution in [2.24, 2.45) is 0 Å². The first-order chi connectivity index (χ1) is 25.6. The predicted octanol–water partition coefficient (Wildman–Crippen LogP) is 10.3. The summed E-state index contributed by atoms with van der Waals surface area (Å²) in [5.41, 5.74) is 0. The number of amides is 1. The number of unbranched alkanes of at least 4 members (excludes halogenated alkanes) is 21. The topological polar surface area (TPSA) is 169 Å². The van der Waals surface area contributed by atoms with Crippen LogP contribution < -0.4 is 5.32 Å². The van der Waals surface area contributed by atoms with Crippen LogP contribution >= 0.6 is 7.82 Å². The number of hydrogen-bond donors (Lipinski definition) is 4. The van der Waals surface area contributed by atoms with Crippen LogP contribution in [-0.2, 0) is 32.7 Å². The third-order valence-corrected chi connectivity index (χ3v) is 9.89. The monoisotopic (exact) mass is 774 g/mol. The molecule has 0 aliphatic carbocycles. The number of hydrogen-bond acceptors (Lipinski definition) is 8. The fourth-order valence-electron chi connectivity index (χ4n) is 5.66. The Morgan fingerprint density at radius 3 is 1.51 bits per heavy atom. The summed E-state index contributed by atoms with van der Waals surface area (Å²) in [6, 6.07) is -1.55. The molecule has 0 saturated carbocycles. The lowest BCUT2D eigenvalue weighted by Gasteiger charge is -2.18. The molecule has 0 saturated heterocycles. The number of esters is 1. The molecular formula is C41H76NO10P. The number of aliphatic hydroxyl groups excluding tert-OH is 1. The van der Waals surface area contributed by atoms with Gasteiger partial charge in [0.05, 0.1) is 13.2 Å². The second-order valence-electron chi connectivity index (χ2n) is 14.2. The minimum Gasteiger partial charge on any atom is -0.480 e. The maximum atomic E-state index is 12.2. The largest absolute Gasteiger partial charge is 0.480 e. The van der Waals surface area contributed by atoms with E-state index in [0.29, 0.717) is 12.8 Å². The Labute approximate surface area is 321 Å². The van der Waals surface area contributed by atoms with Gasteiger partial charge in [-0.15, -0.1) is 0 Å². The van der Waals surface area contributed by atoms with Gasteiger partial charge in [0.15, 0.2) is 6.04 Å². The van der Waals surface area contributed by atoms with E-state index in [4.69, 9.17) is 13.8 Å². The Balaban J connectivity index is 3.86. The van der Waals surface area contributed by atoms with Crippen LogP contribution in [0.1, 0.15) is 187 Å². The maximum absolute atomic E-state index is 12.2. The van der Waals surface area contributed by atoms with Gasteiger partial charge in [0.2, 0.25) is 5.91 Å². The minimum atomic E-state index is -4.75. The molecule has 4 N–H and O–H groups in total. The van der Waals surface area contributed by atoms with Crippen molar-refractivity contribution in [1.82, 2.24) is 5.32 Å². The lowest BCUT2D eigenvalue weighted by molar-refractivity contribution is -0.147. The molecule has 11 nitrogen and oxygen atoms in total. The number of carboxylic acids is 1. The first-order valence-electron chi connectivity index (χ1n) is 20.9. The Morgan fingerprint density at radius 1 is 0.585 bits per heavy atom. The summed E-state index contributed by atoms with van der Waals surface area (Å²) in [6.45, 7) is 2.50. The number of carboxylic acid groups (broad SMARTS) is 1. The predicted molar refractivity (Wildman–Crippen MR) is 213 cm³/mol. The van der Waals surface area contributed by atoms with Gasteiger partial charge < -0.3 is 25.2 Å². The molecular weight excluding hydrogens is 697 g/mol. The maximum Gasteiger partial charge on any atom is 0.472 e. The molecule has 1 amide bonds. The van der Waals surface area contributed by atoms with E-state index in [1.54, 1.807) is 0 Å². The van der Waals surface area contributed by atoms with E-state index < -0.39 is 57.6 Å². The zero-order valence-corrected chi connectivity index (χ0v) is 34.2. The van der Waals surface area contributed by atoms with Crippen molar-refractivity contribution >= 4 is 25.7 Å². The third-order valence-electron chi connectivity index (χ3n) is 8.94. The molecule has 0 aromatic heterocycles. The van der Waals surface area contributed by atoms with Crippen molar-refractivity contribution in [2.45, 2.75) is 199 Å². The first kappa shape index (κ1) is 51.0. The van der Waals surface area contributed by atoms with Crippen molar-refractivity contribution < 1.29 is 47.8 Å². The van der Waals surface area contributed by atoms with Gasteiger partial charge in [-0.1, -0.05) is 141 Å². The molecule has 12 heteroatoms. The Hall–Kier alpha value is -2.04. The number of aliphatic carboxylic acids is 1. The standard InChI is InChI=1S/C41H76NO10P/c1-3-5-7-9-11-13-15-16-17-18-19-20-21-22-23-25-27-29-31-33-40(45)50-34-37(43)35-51-53(48,49)52-36-38(41(46)47)42-39(44)32-30-28-26-24-14-12-10-8-6-4-2/h8,10,16-17,37-38,43H,3-7,9,11-15,18-36H2,1-2H3,(H,42,44)(H,46,47)(H,48,49)/b10-8-,17-16+. The summed E-state index contributed by atoms with van der Waals surface area (Å²) in [6.07, 6.45) is 36.5. The molecule has 3 unspecified atom stereocenters. The average Bonchev–Trinajstić information content (AvgIpc) is 3.13. The van der Waals surface area contributed by atoms with Crippen LogP contribution in [0, 0.1) is 0 Å². The van der Waals surface area contributed by atoms with Crippen LogP contribution in [0.25, 0.3) is 0 Å². The number of rotatable bonds is 39. The van der Waals surface area contributed by atoms with Gasteiger partial charge >= 0.3 is 19.8 Å². The van der Waals surface area contributed by atoms with E-state index in [0.717, 1.165) is 64.2 Å². The van der Waals surface area contributed by atoms with Crippen molar-refractivity contribution in [1.29, 1.82) is 0 Å². The van der Waals surface area contributed by atoms with E-state index >= 15 is 0 Å². The molecule has 310 valence electrons. The number of allylic oxidation sites excluding steroid dienone is 4. The number of aliphatic hydroxyl groups is 1. The summed E-state index contributed by atoms with van der Waals surface area (Å²) in [5, 5.41) is 21.7. The van der Waals surface area contributed by atoms with Crippen LogP contribution in [0.5, 0.6) is 0 Å². The third kappa shape index (κ3) is 36.7. The summed E-state index contributed by atoms with van der Waals surface area (Å²) in [7, 11) is -4.75. The summed E-state index contributed by atoms with van der Waals surface area (Å²) < 4.78 is 26.7. The molecule has 0 spiro atoms. The molecule has 0 radical (unpaired) electrons. The number of ether oxygens (including phenoxy) is 1. The molecule has 0 heterocycles. The van der Waals surface area contributed by atoms with Crippen LogP contribution in [-0.4, -0.2) is 64.9 Å². The van der Waals surface area contributed by atoms with Gasteiger partial charge in [-0.25, -0.2) is 9.36 Å². The highest BCUT2D eigenvalue weighted by Gasteiger charge is 2.28. The molecule has 0 aliphatic rings. The molecule has 0 rings (SSSR count). The number of phosphoric ester groups is 1. The zero-order valence-electron chi connectivity index (χ0n) is 33.3. The minimum absolute atomic E-state index is 0.135. The summed E-state index contributed by atoms with van der Waals surface area (Å²) >= 11 is 0. The molecule has 0 fully saturated rings. The number of nitrogens with one attached hydrogen (secondary N) is 1. The molecule has 0 aromatic carbocycles. The van der Waals surface area contributed by atoms with Crippen LogP contribution in [0.3, 0.4) is 0 Å². The van der Waals surface area contributed by atoms with Crippen molar-refractivity contribution in [3.8, 4) is 0 Å². The number of carbonyl (C=O) groups is 3. The fraction of sp³-hybridized carbons (Fsp3) is 0.829. The number of phosphoric acid groups is 1. The van der Waals surface area contributed by atoms with E-state index in [-0.39, 0.29) is 12.8 Å². The highest BCUT2D eigenvalue weighted by Crippen LogP contribution is 2.43. The second kappa shape index (κ2) is 36.9. The highest BCUT2D eigenvalue weighted by molar-refractivity contribution is 7.47. The lowest BCUT2D eigenvalue weighted by atomic mass is 10.1. The van der Waals surface area contributed by atoms with Crippen molar-refractivity contribution in [3.05, 3.63) is 24.3 Å². The number of carbonyl (C=O) groups excluding carboxylic acids is 2. The van der Waals surface area contributed by atoms with Crippen LogP contribution in [0.4, 0.5) is 0 Å². The van der Waals surface area contributed by atoms with Crippen molar-refractivity contribution in [3.63, 3.8) is 0 Å². The van der Waals surface area contributed by atoms with Gasteiger partial charge in [0, 0.05) is 12.8 Å². The zero-order chi connectivity index (χ0) is 39.3. The van der Waals surface area contributed by atoms with E-state index in [2.05, 4.69) is 43.5 Å². The van der Waals surface area contributed by atoms with E-state index in [1.165, 1.54) is 83.5 Å². The Kier molecular flexibility index (Phi) is 35.5. The summed E-state index contributed by atoms with van der Waals surface area (Å²) in [4.78, 5) is 45.7. The molecule has 0 bridgehead atoms. The quantitative estimate of drug-likeness (QED) is 0.0204. The summed E-state index contributed by atoms with van der Waals surface area (Å²) in [5.74, 6) is -2.39. The van der Waals surface area contributed by atoms with E-state index in [9.17, 15) is 34.1 Å². The molecule has 3 atom stereocenters. The average molecular weight is 774 g/mol. The second-order valence-corrected chi connectivity index (χ2v) is 15.6. The van der Waals surface area contributed by atoms with E-state index in [1.807, 2.05) is 0 Å². The van der Waals surface area contributed by atoms with Crippen LogP contribution in [0.15, 0.2) is 24.3 Å². The Morgan fingerprint density at radius 2 is 1.02 bits per heavy atom. The van der Waals surface area contributed by atoms with Crippen LogP contribution in [0.2, 0.25) is 0 Å². The van der Waals surface area contributed by atoms with Crippen molar-refractivity contribution in [2.75, 3.05) is 19.8 Å². The van der Waals surface area contributed by atoms with Gasteiger partial charge in [0.1, 0.15) is 12.7 Å². The van der Waals surface area contributed by atoms with Gasteiger partial charge in [-0.2, -0.15) is 0 Å². The molecule has 53 heavy (non-hydrogen) atoms. The highest BCUT2D eigenvalue weighted by atomic mass is 31.2. The molecule has 0 aromatic rings. The molecule has 0 aliphatic heterocycles. The fourth-order valence-corrected chi connectivity index (χ4v) is 6.44. The smallest absolute Gasteiger partial charge is 0.472 e. The normalized spacial score (nSPS) is 14.0. The SMILES string of the molecule is CCC/C=C\CCCCCCCC(=O)NC(COP(=O)(O)OCC(O)COC(=O)CCCCCCCCCCC/C=C/CCCCCCCC)C(=O)O. The lowest BCUT2D eigenvalue weighted by Crippen LogP contribution is -2.43. The van der Waals surface area contributed by atoms with Gasteiger partial charge in [-0.05, 0) is 57.8 Å². The first-order valence-corrected chi connectivity index (χ1v) is 22.4. The Bertz CT molecular complexity index is 1010. The van der Waals surface area contributed by atoms with Gasteiger partial charge in [0.25, 0.3) is 0 Å².